The molecule has 0 aliphatic rings. The molecule has 0 amide bonds. The average Bonchev–Trinajstić information content (AvgIpc) is 2.30. The Morgan fingerprint density at radius 3 is 2.56 bits per heavy atom. The molecule has 88 valence electrons. The number of hydrogen-bond acceptors (Lipinski definition) is 1. The van der Waals surface area contributed by atoms with Crippen molar-refractivity contribution in [1.82, 2.24) is 4.90 Å². The minimum absolute atomic E-state index is 0.585. The Kier molecular flexibility index (Phi) is 5.40. The third kappa shape index (κ3) is 4.34. The van der Waals surface area contributed by atoms with Gasteiger partial charge >= 0.3 is 0 Å². The molecule has 0 spiro atoms. The molecule has 0 aliphatic heterocycles. The molecular formula is C13H21N3. The fourth-order valence-corrected chi connectivity index (χ4v) is 1.43. The Labute approximate surface area is 98.0 Å². The summed E-state index contributed by atoms with van der Waals surface area (Å²) in [5, 5.41) is 0. The van der Waals surface area contributed by atoms with E-state index in [1.165, 1.54) is 12.8 Å². The van der Waals surface area contributed by atoms with Crippen LogP contribution in [0.5, 0.6) is 0 Å². The number of hydrogen-bond donors (Lipinski definition) is 1. The monoisotopic (exact) mass is 219 g/mol. The average molecular weight is 219 g/mol. The molecule has 3 heteroatoms. The molecule has 1 aromatic carbocycles. The van der Waals surface area contributed by atoms with Crippen molar-refractivity contribution < 1.29 is 0 Å². The summed E-state index contributed by atoms with van der Waals surface area (Å²) in [6.45, 7) is 3.16. The van der Waals surface area contributed by atoms with E-state index >= 15 is 0 Å². The molecule has 16 heavy (non-hydrogen) atoms. The predicted molar refractivity (Wildman–Crippen MR) is 69.9 cm³/mol. The molecule has 0 bridgehead atoms. The van der Waals surface area contributed by atoms with Gasteiger partial charge in [-0.25, -0.2) is 4.99 Å². The van der Waals surface area contributed by atoms with Gasteiger partial charge in [0.05, 0.1) is 5.69 Å². The maximum absolute atomic E-state index is 5.91. The van der Waals surface area contributed by atoms with E-state index < -0.39 is 0 Å². The molecule has 1 aromatic rings. The molecule has 3 nitrogen and oxygen atoms in total. The number of guanidine groups is 1. The van der Waals surface area contributed by atoms with E-state index in [0.717, 1.165) is 18.7 Å². The molecule has 0 saturated carbocycles. The minimum atomic E-state index is 0.585. The van der Waals surface area contributed by atoms with Gasteiger partial charge in [0.2, 0.25) is 0 Å². The number of nitrogens with two attached hydrogens (primary N) is 1. The lowest BCUT2D eigenvalue weighted by Gasteiger charge is -2.17. The van der Waals surface area contributed by atoms with Gasteiger partial charge in [-0.1, -0.05) is 38.0 Å². The molecule has 0 unspecified atom stereocenters. The molecule has 0 saturated heterocycles. The van der Waals surface area contributed by atoms with E-state index in [-0.39, 0.29) is 0 Å². The second kappa shape index (κ2) is 6.88. The largest absolute Gasteiger partial charge is 0.369 e. The highest BCUT2D eigenvalue weighted by Crippen LogP contribution is 2.09. The Bertz CT molecular complexity index is 319. The van der Waals surface area contributed by atoms with Crippen molar-refractivity contribution in [1.29, 1.82) is 0 Å². The fourth-order valence-electron chi connectivity index (χ4n) is 1.43. The van der Waals surface area contributed by atoms with Gasteiger partial charge in [-0.05, 0) is 18.6 Å². The van der Waals surface area contributed by atoms with Gasteiger partial charge in [0.15, 0.2) is 5.96 Å². The first kappa shape index (κ1) is 12.6. The first-order valence-corrected chi connectivity index (χ1v) is 5.84. The van der Waals surface area contributed by atoms with Crippen LogP contribution in [0.25, 0.3) is 0 Å². The van der Waals surface area contributed by atoms with Crippen molar-refractivity contribution in [3.05, 3.63) is 30.3 Å². The van der Waals surface area contributed by atoms with Crippen molar-refractivity contribution in [2.75, 3.05) is 13.6 Å². The lowest BCUT2D eigenvalue weighted by molar-refractivity contribution is 0.471. The lowest BCUT2D eigenvalue weighted by atomic mass is 10.2. The highest BCUT2D eigenvalue weighted by molar-refractivity contribution is 5.80. The molecule has 2 N–H and O–H groups in total. The van der Waals surface area contributed by atoms with E-state index in [2.05, 4.69) is 11.9 Å². The van der Waals surface area contributed by atoms with Gasteiger partial charge in [0.1, 0.15) is 0 Å². The van der Waals surface area contributed by atoms with Crippen LogP contribution in [0.15, 0.2) is 35.3 Å². The van der Waals surface area contributed by atoms with Crippen molar-refractivity contribution in [2.24, 2.45) is 10.7 Å². The van der Waals surface area contributed by atoms with Crippen molar-refractivity contribution >= 4 is 11.6 Å². The second-order valence-electron chi connectivity index (χ2n) is 3.93. The van der Waals surface area contributed by atoms with Crippen LogP contribution in [-0.2, 0) is 0 Å². The number of rotatable bonds is 5. The summed E-state index contributed by atoms with van der Waals surface area (Å²) in [6, 6.07) is 9.80. The van der Waals surface area contributed by atoms with Crippen LogP contribution in [-0.4, -0.2) is 24.5 Å². The number of aliphatic imine (C=N–C) groups is 1. The van der Waals surface area contributed by atoms with Crippen LogP contribution in [0.2, 0.25) is 0 Å². The van der Waals surface area contributed by atoms with E-state index in [9.17, 15) is 0 Å². The van der Waals surface area contributed by atoms with E-state index in [1.54, 1.807) is 0 Å². The SMILES string of the molecule is CCCCCN(C)C(N)=Nc1ccccc1. The summed E-state index contributed by atoms with van der Waals surface area (Å²) in [7, 11) is 1.98. The topological polar surface area (TPSA) is 41.6 Å². The Morgan fingerprint density at radius 1 is 1.25 bits per heavy atom. The molecule has 0 fully saturated rings. The third-order valence-corrected chi connectivity index (χ3v) is 2.49. The molecule has 0 radical (unpaired) electrons. The Morgan fingerprint density at radius 2 is 1.94 bits per heavy atom. The molecule has 0 aromatic heterocycles. The fraction of sp³-hybridized carbons (Fsp3) is 0.462. The van der Waals surface area contributed by atoms with Crippen LogP contribution in [0, 0.1) is 0 Å². The van der Waals surface area contributed by atoms with E-state index in [0.29, 0.717) is 5.96 Å². The smallest absolute Gasteiger partial charge is 0.196 e. The number of benzene rings is 1. The summed E-state index contributed by atoms with van der Waals surface area (Å²) in [4.78, 5) is 6.36. The molecule has 0 aliphatic carbocycles. The zero-order valence-corrected chi connectivity index (χ0v) is 10.2. The first-order chi connectivity index (χ1) is 7.74. The normalized spacial score (nSPS) is 11.5. The summed E-state index contributed by atoms with van der Waals surface area (Å²) in [5.41, 5.74) is 6.81. The third-order valence-electron chi connectivity index (χ3n) is 2.49. The van der Waals surface area contributed by atoms with Crippen molar-refractivity contribution in [3.63, 3.8) is 0 Å². The Hall–Kier alpha value is -1.51. The van der Waals surface area contributed by atoms with Crippen LogP contribution in [0.4, 0.5) is 5.69 Å². The van der Waals surface area contributed by atoms with Gasteiger partial charge in [0, 0.05) is 13.6 Å². The number of para-hydroxylation sites is 1. The molecular weight excluding hydrogens is 198 g/mol. The van der Waals surface area contributed by atoms with Gasteiger partial charge in [-0.15, -0.1) is 0 Å². The van der Waals surface area contributed by atoms with Gasteiger partial charge in [0.25, 0.3) is 0 Å². The van der Waals surface area contributed by atoms with Crippen LogP contribution >= 0.6 is 0 Å². The summed E-state index contributed by atoms with van der Waals surface area (Å²) in [5.74, 6) is 0.585. The number of nitrogens with zero attached hydrogens (tertiary/aromatic N) is 2. The first-order valence-electron chi connectivity index (χ1n) is 5.84. The summed E-state index contributed by atoms with van der Waals surface area (Å²) < 4.78 is 0. The lowest BCUT2D eigenvalue weighted by Crippen LogP contribution is -2.34. The minimum Gasteiger partial charge on any atom is -0.369 e. The van der Waals surface area contributed by atoms with Crippen LogP contribution in [0.1, 0.15) is 26.2 Å². The van der Waals surface area contributed by atoms with Gasteiger partial charge in [-0.2, -0.15) is 0 Å². The maximum atomic E-state index is 5.91. The van der Waals surface area contributed by atoms with E-state index in [1.807, 2.05) is 42.3 Å². The van der Waals surface area contributed by atoms with Crippen molar-refractivity contribution in [3.8, 4) is 0 Å². The standard InChI is InChI=1S/C13H21N3/c1-3-4-8-11-16(2)13(14)15-12-9-6-5-7-10-12/h5-7,9-10H,3-4,8,11H2,1-2H3,(H2,14,15). The number of unbranched alkanes of at least 4 members (excludes halogenated alkanes) is 2. The molecule has 0 atom stereocenters. The second-order valence-corrected chi connectivity index (χ2v) is 3.93. The van der Waals surface area contributed by atoms with Crippen molar-refractivity contribution in [2.45, 2.75) is 26.2 Å². The van der Waals surface area contributed by atoms with Crippen LogP contribution in [0.3, 0.4) is 0 Å². The zero-order chi connectivity index (χ0) is 11.8. The molecule has 1 rings (SSSR count). The molecule has 0 heterocycles. The van der Waals surface area contributed by atoms with E-state index in [4.69, 9.17) is 5.73 Å². The highest BCUT2D eigenvalue weighted by Gasteiger charge is 2.00. The van der Waals surface area contributed by atoms with Gasteiger partial charge in [-0.3, -0.25) is 0 Å². The maximum Gasteiger partial charge on any atom is 0.196 e. The quantitative estimate of drug-likeness (QED) is 0.470. The predicted octanol–water partition coefficient (Wildman–Crippen LogP) is 2.75. The zero-order valence-electron chi connectivity index (χ0n) is 10.2. The highest BCUT2D eigenvalue weighted by atomic mass is 15.2. The Balaban J connectivity index is 2.49. The van der Waals surface area contributed by atoms with Crippen LogP contribution < -0.4 is 5.73 Å². The van der Waals surface area contributed by atoms with Gasteiger partial charge < -0.3 is 10.6 Å². The summed E-state index contributed by atoms with van der Waals surface area (Å²) in [6.07, 6.45) is 3.63. The summed E-state index contributed by atoms with van der Waals surface area (Å²) >= 11 is 0.